The molecule has 1 N–H and O–H groups in total. The Labute approximate surface area is 115 Å². The Kier molecular flexibility index (Phi) is 5.61. The fourth-order valence-corrected chi connectivity index (χ4v) is 2.04. The van der Waals surface area contributed by atoms with Crippen molar-refractivity contribution in [1.82, 2.24) is 10.3 Å². The van der Waals surface area contributed by atoms with Gasteiger partial charge in [0.05, 0.1) is 6.61 Å². The molecule has 106 valence electrons. The minimum absolute atomic E-state index is 0.490. The van der Waals surface area contributed by atoms with Crippen LogP contribution in [-0.4, -0.2) is 30.8 Å². The molecule has 4 heteroatoms. The lowest BCUT2D eigenvalue weighted by Gasteiger charge is -2.21. The molecule has 0 unspecified atom stereocenters. The summed E-state index contributed by atoms with van der Waals surface area (Å²) in [5, 5.41) is 3.37. The van der Waals surface area contributed by atoms with Crippen LogP contribution in [0.2, 0.25) is 0 Å². The average molecular weight is 264 g/mol. The van der Waals surface area contributed by atoms with E-state index in [1.54, 1.807) is 0 Å². The second-order valence-electron chi connectivity index (χ2n) is 5.41. The first-order chi connectivity index (χ1) is 9.24. The summed E-state index contributed by atoms with van der Waals surface area (Å²) in [4.78, 5) is 4.35. The molecule has 1 aromatic heterocycles. The van der Waals surface area contributed by atoms with E-state index in [1.165, 1.54) is 5.56 Å². The monoisotopic (exact) mass is 264 g/mol. The van der Waals surface area contributed by atoms with Crippen LogP contribution in [0.5, 0.6) is 5.88 Å². The Hall–Kier alpha value is -1.13. The predicted molar refractivity (Wildman–Crippen MR) is 75.3 cm³/mol. The maximum atomic E-state index is 5.74. The predicted octanol–water partition coefficient (Wildman–Crippen LogP) is 2.39. The molecule has 0 spiro atoms. The van der Waals surface area contributed by atoms with Crippen LogP contribution in [-0.2, 0) is 11.3 Å². The highest BCUT2D eigenvalue weighted by Gasteiger charge is 2.14. The van der Waals surface area contributed by atoms with Crippen molar-refractivity contribution in [2.75, 3.05) is 19.8 Å². The molecule has 2 rings (SSSR count). The van der Waals surface area contributed by atoms with Crippen molar-refractivity contribution in [3.63, 3.8) is 0 Å². The zero-order valence-corrected chi connectivity index (χ0v) is 11.9. The third kappa shape index (κ3) is 5.17. The van der Waals surface area contributed by atoms with Crippen LogP contribution in [0.4, 0.5) is 0 Å². The van der Waals surface area contributed by atoms with Crippen molar-refractivity contribution in [1.29, 1.82) is 0 Å². The fraction of sp³-hybridized carbons (Fsp3) is 0.667. The lowest BCUT2D eigenvalue weighted by molar-refractivity contribution is 0.0490. The fourth-order valence-electron chi connectivity index (χ4n) is 2.04. The van der Waals surface area contributed by atoms with Gasteiger partial charge in [0.1, 0.15) is 0 Å². The van der Waals surface area contributed by atoms with Crippen LogP contribution >= 0.6 is 0 Å². The maximum Gasteiger partial charge on any atom is 0.213 e. The minimum Gasteiger partial charge on any atom is -0.477 e. The van der Waals surface area contributed by atoms with Crippen molar-refractivity contribution in [2.24, 2.45) is 5.92 Å². The van der Waals surface area contributed by atoms with Crippen LogP contribution in [0.15, 0.2) is 18.3 Å². The van der Waals surface area contributed by atoms with Crippen molar-refractivity contribution in [3.05, 3.63) is 23.9 Å². The molecule has 0 aromatic carbocycles. The Morgan fingerprint density at radius 1 is 1.37 bits per heavy atom. The second-order valence-corrected chi connectivity index (χ2v) is 5.41. The molecule has 0 atom stereocenters. The summed E-state index contributed by atoms with van der Waals surface area (Å²) in [6.45, 7) is 7.60. The lowest BCUT2D eigenvalue weighted by atomic mass is 10.0. The van der Waals surface area contributed by atoms with Gasteiger partial charge in [-0.2, -0.15) is 0 Å². The van der Waals surface area contributed by atoms with Crippen LogP contribution in [0.3, 0.4) is 0 Å². The van der Waals surface area contributed by atoms with Crippen LogP contribution < -0.4 is 10.1 Å². The molecule has 0 radical (unpaired) electrons. The largest absolute Gasteiger partial charge is 0.477 e. The maximum absolute atomic E-state index is 5.74. The number of hydrogen-bond acceptors (Lipinski definition) is 4. The second kappa shape index (κ2) is 7.46. The molecule has 1 fully saturated rings. The first-order valence-electron chi connectivity index (χ1n) is 7.13. The summed E-state index contributed by atoms with van der Waals surface area (Å²) >= 11 is 0. The molecule has 4 nitrogen and oxygen atoms in total. The van der Waals surface area contributed by atoms with Gasteiger partial charge in [0.2, 0.25) is 5.88 Å². The number of pyridine rings is 1. The number of rotatable bonds is 6. The van der Waals surface area contributed by atoms with Crippen molar-refractivity contribution in [3.8, 4) is 5.88 Å². The van der Waals surface area contributed by atoms with E-state index < -0.39 is 0 Å². The normalized spacial score (nSPS) is 16.8. The molecule has 0 saturated carbocycles. The van der Waals surface area contributed by atoms with Gasteiger partial charge in [-0.3, -0.25) is 0 Å². The highest BCUT2D eigenvalue weighted by molar-refractivity contribution is 5.17. The van der Waals surface area contributed by atoms with Gasteiger partial charge in [-0.05, 0) is 24.3 Å². The molecule has 0 bridgehead atoms. The van der Waals surface area contributed by atoms with Gasteiger partial charge >= 0.3 is 0 Å². The first-order valence-corrected chi connectivity index (χ1v) is 7.13. The van der Waals surface area contributed by atoms with Gasteiger partial charge < -0.3 is 14.8 Å². The van der Waals surface area contributed by atoms with Gasteiger partial charge in [-0.1, -0.05) is 19.9 Å². The molecule has 0 aliphatic carbocycles. The Morgan fingerprint density at radius 3 is 2.79 bits per heavy atom. The summed E-state index contributed by atoms with van der Waals surface area (Å²) in [7, 11) is 0. The van der Waals surface area contributed by atoms with Crippen molar-refractivity contribution >= 4 is 0 Å². The van der Waals surface area contributed by atoms with E-state index in [1.807, 2.05) is 12.3 Å². The van der Waals surface area contributed by atoms with E-state index in [0.29, 0.717) is 12.0 Å². The first kappa shape index (κ1) is 14.3. The SMILES string of the molecule is CC(C)NCc1ccc(OCC2CCOCC2)nc1. The topological polar surface area (TPSA) is 43.4 Å². The molecule has 1 aliphatic heterocycles. The molecule has 1 aromatic rings. The van der Waals surface area contributed by atoms with Crippen molar-refractivity contribution in [2.45, 2.75) is 39.3 Å². The summed E-state index contributed by atoms with van der Waals surface area (Å²) in [5.74, 6) is 1.33. The Balaban J connectivity index is 1.74. The number of nitrogens with one attached hydrogen (secondary N) is 1. The zero-order chi connectivity index (χ0) is 13.5. The molecule has 2 heterocycles. The summed E-state index contributed by atoms with van der Waals surface area (Å²) in [5.41, 5.74) is 1.19. The summed E-state index contributed by atoms with van der Waals surface area (Å²) in [6, 6.07) is 4.52. The Bertz CT molecular complexity index is 359. The van der Waals surface area contributed by atoms with E-state index in [9.17, 15) is 0 Å². The average Bonchev–Trinajstić information content (AvgIpc) is 2.45. The smallest absolute Gasteiger partial charge is 0.213 e. The van der Waals surface area contributed by atoms with E-state index in [4.69, 9.17) is 9.47 Å². The highest BCUT2D eigenvalue weighted by atomic mass is 16.5. The van der Waals surface area contributed by atoms with Crippen LogP contribution in [0, 0.1) is 5.92 Å². The molecule has 1 aliphatic rings. The summed E-state index contributed by atoms with van der Waals surface area (Å²) in [6.07, 6.45) is 4.07. The minimum atomic E-state index is 0.490. The van der Waals surface area contributed by atoms with Crippen molar-refractivity contribution < 1.29 is 9.47 Å². The highest BCUT2D eigenvalue weighted by Crippen LogP contribution is 2.16. The van der Waals surface area contributed by atoms with Crippen LogP contribution in [0.1, 0.15) is 32.3 Å². The standard InChI is InChI=1S/C15H24N2O2/c1-12(2)16-9-14-3-4-15(17-10-14)19-11-13-5-7-18-8-6-13/h3-4,10,12-13,16H,5-9,11H2,1-2H3. The van der Waals surface area contributed by atoms with Gasteiger partial charge in [0, 0.05) is 38.1 Å². The van der Waals surface area contributed by atoms with Gasteiger partial charge in [0.25, 0.3) is 0 Å². The third-order valence-electron chi connectivity index (χ3n) is 3.32. The van der Waals surface area contributed by atoms with Gasteiger partial charge in [0.15, 0.2) is 0 Å². The number of hydrogen-bond donors (Lipinski definition) is 1. The lowest BCUT2D eigenvalue weighted by Crippen LogP contribution is -2.22. The molecule has 19 heavy (non-hydrogen) atoms. The van der Waals surface area contributed by atoms with Gasteiger partial charge in [-0.15, -0.1) is 0 Å². The number of ether oxygens (including phenoxy) is 2. The van der Waals surface area contributed by atoms with E-state index in [2.05, 4.69) is 30.2 Å². The molecular formula is C15H24N2O2. The number of nitrogens with zero attached hydrogens (tertiary/aromatic N) is 1. The molecular weight excluding hydrogens is 240 g/mol. The quantitative estimate of drug-likeness (QED) is 0.856. The van der Waals surface area contributed by atoms with Crippen LogP contribution in [0.25, 0.3) is 0 Å². The van der Waals surface area contributed by atoms with E-state index in [0.717, 1.165) is 45.1 Å². The van der Waals surface area contributed by atoms with Gasteiger partial charge in [-0.25, -0.2) is 4.98 Å². The molecule has 1 saturated heterocycles. The Morgan fingerprint density at radius 2 is 2.16 bits per heavy atom. The molecule has 0 amide bonds. The zero-order valence-electron chi connectivity index (χ0n) is 11.9. The number of aromatic nitrogens is 1. The van der Waals surface area contributed by atoms with E-state index in [-0.39, 0.29) is 0 Å². The van der Waals surface area contributed by atoms with E-state index >= 15 is 0 Å². The summed E-state index contributed by atoms with van der Waals surface area (Å²) < 4.78 is 11.1. The third-order valence-corrected chi connectivity index (χ3v) is 3.32.